The summed E-state index contributed by atoms with van der Waals surface area (Å²) in [5, 5.41) is 3.96. The van der Waals surface area contributed by atoms with Crippen molar-refractivity contribution in [2.45, 2.75) is 38.7 Å². The number of rotatable bonds is 7. The molecule has 0 saturated carbocycles. The van der Waals surface area contributed by atoms with Gasteiger partial charge in [0.1, 0.15) is 12.4 Å². The van der Waals surface area contributed by atoms with Crippen molar-refractivity contribution in [2.75, 3.05) is 20.2 Å². The third-order valence-corrected chi connectivity index (χ3v) is 4.04. The fourth-order valence-corrected chi connectivity index (χ4v) is 2.85. The molecular weight excluding hydrogens is 313 g/mol. The van der Waals surface area contributed by atoms with Crippen LogP contribution in [0.25, 0.3) is 0 Å². The molecule has 24 heavy (non-hydrogen) atoms. The Balaban J connectivity index is 1.49. The van der Waals surface area contributed by atoms with E-state index in [1.165, 1.54) is 6.07 Å². The molecule has 2 heterocycles. The Morgan fingerprint density at radius 3 is 3.04 bits per heavy atom. The van der Waals surface area contributed by atoms with Crippen molar-refractivity contribution in [1.29, 1.82) is 0 Å². The van der Waals surface area contributed by atoms with Gasteiger partial charge in [-0.25, -0.2) is 4.39 Å². The molecule has 0 unspecified atom stereocenters. The highest BCUT2D eigenvalue weighted by Gasteiger charge is 2.22. The van der Waals surface area contributed by atoms with Gasteiger partial charge in [0.2, 0.25) is 0 Å². The summed E-state index contributed by atoms with van der Waals surface area (Å²) in [6, 6.07) is 6.72. The van der Waals surface area contributed by atoms with E-state index < -0.39 is 0 Å². The molecule has 0 amide bonds. The molecule has 0 N–H and O–H groups in total. The molecule has 1 aliphatic heterocycles. The molecule has 7 heteroatoms. The standard InChI is InChI=1S/C17H22FN3O3/c1-22-12-17-19-16(20-24-17)10-21-8-4-6-14(9-21)23-11-13-5-2-3-7-15(13)18/h2-3,5,7,14H,4,6,8-12H2,1H3/t14-/m0/s1. The van der Waals surface area contributed by atoms with Crippen LogP contribution in [0.1, 0.15) is 30.1 Å². The Hall–Kier alpha value is -1.83. The van der Waals surface area contributed by atoms with Crippen molar-refractivity contribution >= 4 is 0 Å². The number of hydrogen-bond donors (Lipinski definition) is 0. The number of methoxy groups -OCH3 is 1. The zero-order valence-corrected chi connectivity index (χ0v) is 13.8. The molecule has 0 aliphatic carbocycles. The lowest BCUT2D eigenvalue weighted by Gasteiger charge is -2.31. The highest BCUT2D eigenvalue weighted by molar-refractivity contribution is 5.16. The lowest BCUT2D eigenvalue weighted by atomic mass is 10.1. The number of likely N-dealkylation sites (tertiary alicyclic amines) is 1. The first kappa shape index (κ1) is 17.0. The van der Waals surface area contributed by atoms with E-state index in [1.54, 1.807) is 19.2 Å². The van der Waals surface area contributed by atoms with Crippen LogP contribution in [0.15, 0.2) is 28.8 Å². The SMILES string of the molecule is COCc1nc(CN2CCC[C@H](OCc3ccccc3F)C2)no1. The van der Waals surface area contributed by atoms with Crippen LogP contribution in [0.4, 0.5) is 4.39 Å². The van der Waals surface area contributed by atoms with Crippen LogP contribution in [0, 0.1) is 5.82 Å². The maximum Gasteiger partial charge on any atom is 0.252 e. The number of benzene rings is 1. The van der Waals surface area contributed by atoms with Gasteiger partial charge in [-0.3, -0.25) is 4.90 Å². The minimum Gasteiger partial charge on any atom is -0.375 e. The van der Waals surface area contributed by atoms with Gasteiger partial charge in [-0.2, -0.15) is 4.98 Å². The first-order chi connectivity index (χ1) is 11.7. The average Bonchev–Trinajstić information content (AvgIpc) is 3.02. The highest BCUT2D eigenvalue weighted by atomic mass is 19.1. The number of aromatic nitrogens is 2. The van der Waals surface area contributed by atoms with E-state index in [9.17, 15) is 4.39 Å². The third-order valence-electron chi connectivity index (χ3n) is 4.04. The fraction of sp³-hybridized carbons (Fsp3) is 0.529. The van der Waals surface area contributed by atoms with Crippen LogP contribution in [0.5, 0.6) is 0 Å². The molecule has 1 saturated heterocycles. The van der Waals surface area contributed by atoms with Gasteiger partial charge in [-0.15, -0.1) is 0 Å². The molecule has 1 aromatic heterocycles. The normalized spacial score (nSPS) is 18.8. The van der Waals surface area contributed by atoms with Crippen LogP contribution in [-0.2, 0) is 29.2 Å². The summed E-state index contributed by atoms with van der Waals surface area (Å²) in [6.07, 6.45) is 2.10. The molecule has 3 rings (SSSR count). The smallest absolute Gasteiger partial charge is 0.252 e. The molecule has 6 nitrogen and oxygen atoms in total. The lowest BCUT2D eigenvalue weighted by molar-refractivity contribution is -0.0136. The Morgan fingerprint density at radius 2 is 2.21 bits per heavy atom. The van der Waals surface area contributed by atoms with E-state index >= 15 is 0 Å². The predicted molar refractivity (Wildman–Crippen MR) is 84.5 cm³/mol. The monoisotopic (exact) mass is 335 g/mol. The predicted octanol–water partition coefficient (Wildman–Crippen LogP) is 2.54. The summed E-state index contributed by atoms with van der Waals surface area (Å²) in [4.78, 5) is 6.52. The first-order valence-electron chi connectivity index (χ1n) is 8.12. The van der Waals surface area contributed by atoms with E-state index in [2.05, 4.69) is 15.0 Å². The fourth-order valence-electron chi connectivity index (χ4n) is 2.85. The van der Waals surface area contributed by atoms with E-state index in [0.29, 0.717) is 37.0 Å². The second-order valence-corrected chi connectivity index (χ2v) is 5.94. The number of nitrogens with zero attached hydrogens (tertiary/aromatic N) is 3. The van der Waals surface area contributed by atoms with E-state index in [0.717, 1.165) is 25.9 Å². The van der Waals surface area contributed by atoms with Crippen LogP contribution in [0.2, 0.25) is 0 Å². The second kappa shape index (κ2) is 8.32. The maximum atomic E-state index is 13.6. The summed E-state index contributed by atoms with van der Waals surface area (Å²) in [6.45, 7) is 2.98. The van der Waals surface area contributed by atoms with E-state index in [-0.39, 0.29) is 11.9 Å². The topological polar surface area (TPSA) is 60.6 Å². The van der Waals surface area contributed by atoms with Crippen LogP contribution in [0.3, 0.4) is 0 Å². The molecule has 0 spiro atoms. The van der Waals surface area contributed by atoms with Gasteiger partial charge in [0, 0.05) is 19.2 Å². The highest BCUT2D eigenvalue weighted by Crippen LogP contribution is 2.17. The summed E-state index contributed by atoms with van der Waals surface area (Å²) < 4.78 is 29.6. The number of halogens is 1. The van der Waals surface area contributed by atoms with E-state index in [1.807, 2.05) is 6.07 Å². The van der Waals surface area contributed by atoms with Gasteiger partial charge in [0.25, 0.3) is 5.89 Å². The van der Waals surface area contributed by atoms with Crippen molar-refractivity contribution < 1.29 is 18.4 Å². The Kier molecular flexibility index (Phi) is 5.90. The molecule has 1 aliphatic rings. The summed E-state index contributed by atoms with van der Waals surface area (Å²) >= 11 is 0. The molecule has 0 radical (unpaired) electrons. The molecule has 0 bridgehead atoms. The number of hydrogen-bond acceptors (Lipinski definition) is 6. The molecule has 1 aromatic carbocycles. The summed E-state index contributed by atoms with van der Waals surface area (Å²) in [5.74, 6) is 0.913. The Bertz CT molecular complexity index is 650. The summed E-state index contributed by atoms with van der Waals surface area (Å²) in [5.41, 5.74) is 0.594. The van der Waals surface area contributed by atoms with Gasteiger partial charge in [-0.1, -0.05) is 23.4 Å². The van der Waals surface area contributed by atoms with E-state index in [4.69, 9.17) is 14.0 Å². The molecule has 1 atom stereocenters. The average molecular weight is 335 g/mol. The minimum absolute atomic E-state index is 0.0868. The van der Waals surface area contributed by atoms with Crippen LogP contribution < -0.4 is 0 Å². The van der Waals surface area contributed by atoms with Crippen molar-refractivity contribution in [1.82, 2.24) is 15.0 Å². The Labute approximate surface area is 140 Å². The third kappa shape index (κ3) is 4.59. The maximum absolute atomic E-state index is 13.6. The van der Waals surface area contributed by atoms with Crippen molar-refractivity contribution in [2.24, 2.45) is 0 Å². The van der Waals surface area contributed by atoms with Crippen molar-refractivity contribution in [3.8, 4) is 0 Å². The van der Waals surface area contributed by atoms with Gasteiger partial charge in [0.05, 0.1) is 19.3 Å². The number of piperidine rings is 1. The van der Waals surface area contributed by atoms with Crippen molar-refractivity contribution in [3.05, 3.63) is 47.4 Å². The lowest BCUT2D eigenvalue weighted by Crippen LogP contribution is -2.39. The molecule has 130 valence electrons. The Morgan fingerprint density at radius 1 is 1.33 bits per heavy atom. The van der Waals surface area contributed by atoms with Crippen LogP contribution in [-0.4, -0.2) is 41.3 Å². The molecular formula is C17H22FN3O3. The van der Waals surface area contributed by atoms with Crippen molar-refractivity contribution in [3.63, 3.8) is 0 Å². The summed E-state index contributed by atoms with van der Waals surface area (Å²) in [7, 11) is 1.59. The quantitative estimate of drug-likeness (QED) is 0.775. The second-order valence-electron chi connectivity index (χ2n) is 5.94. The minimum atomic E-state index is -0.220. The van der Waals surface area contributed by atoms with Gasteiger partial charge in [0.15, 0.2) is 5.82 Å². The first-order valence-corrected chi connectivity index (χ1v) is 8.12. The number of ether oxygens (including phenoxy) is 2. The van der Waals surface area contributed by atoms with Gasteiger partial charge in [-0.05, 0) is 25.5 Å². The zero-order chi connectivity index (χ0) is 16.8. The zero-order valence-electron chi connectivity index (χ0n) is 13.8. The largest absolute Gasteiger partial charge is 0.375 e. The van der Waals surface area contributed by atoms with Gasteiger partial charge >= 0.3 is 0 Å². The molecule has 1 fully saturated rings. The van der Waals surface area contributed by atoms with Crippen LogP contribution >= 0.6 is 0 Å². The van der Waals surface area contributed by atoms with Gasteiger partial charge < -0.3 is 14.0 Å². The molecule has 2 aromatic rings.